The van der Waals surface area contributed by atoms with Gasteiger partial charge < -0.3 is 9.84 Å². The van der Waals surface area contributed by atoms with E-state index in [1.54, 1.807) is 42.5 Å². The number of aromatic hydroxyl groups is 1. The first-order chi connectivity index (χ1) is 10.5. The van der Waals surface area contributed by atoms with Gasteiger partial charge in [-0.2, -0.15) is 0 Å². The van der Waals surface area contributed by atoms with Gasteiger partial charge >= 0.3 is 0 Å². The Morgan fingerprint density at radius 2 is 1.77 bits per heavy atom. The topological polar surface area (TPSA) is 75.6 Å². The Kier molecular flexibility index (Phi) is 5.41. The van der Waals surface area contributed by atoms with Gasteiger partial charge in [-0.1, -0.05) is 29.8 Å². The number of ether oxygens (including phenoxy) is 1. The van der Waals surface area contributed by atoms with E-state index in [9.17, 15) is 13.5 Å². The number of para-hydroxylation sites is 2. The van der Waals surface area contributed by atoms with Crippen LogP contribution in [-0.2, 0) is 10.0 Å². The Bertz CT molecular complexity index is 711. The van der Waals surface area contributed by atoms with Crippen LogP contribution in [0.3, 0.4) is 0 Å². The Hall–Kier alpha value is -2.05. The monoisotopic (exact) mass is 321 g/mol. The number of nitrogens with one attached hydrogen (secondary N) is 1. The Balaban J connectivity index is 1.79. The van der Waals surface area contributed by atoms with Gasteiger partial charge in [-0.25, -0.2) is 13.1 Å². The van der Waals surface area contributed by atoms with Crippen molar-refractivity contribution in [3.05, 3.63) is 54.1 Å². The minimum atomic E-state index is -3.49. The van der Waals surface area contributed by atoms with Crippen LogP contribution in [0.25, 0.3) is 0 Å². The van der Waals surface area contributed by atoms with Crippen molar-refractivity contribution < 1.29 is 18.3 Å². The fraction of sp³-hybridized carbons (Fsp3) is 0.250. The van der Waals surface area contributed by atoms with Crippen molar-refractivity contribution in [1.82, 2.24) is 4.72 Å². The molecule has 0 amide bonds. The lowest BCUT2D eigenvalue weighted by Crippen LogP contribution is -2.25. The third-order valence-electron chi connectivity index (χ3n) is 3.07. The van der Waals surface area contributed by atoms with Crippen LogP contribution in [0.5, 0.6) is 11.5 Å². The van der Waals surface area contributed by atoms with Gasteiger partial charge in [0.05, 0.1) is 11.5 Å². The summed E-state index contributed by atoms with van der Waals surface area (Å²) >= 11 is 0. The predicted molar refractivity (Wildman–Crippen MR) is 84.6 cm³/mol. The largest absolute Gasteiger partial charge is 0.504 e. The van der Waals surface area contributed by atoms with Crippen LogP contribution in [0, 0.1) is 6.92 Å². The third-order valence-corrected chi connectivity index (χ3v) is 4.54. The number of hydrogen-bond acceptors (Lipinski definition) is 4. The first kappa shape index (κ1) is 16.3. The summed E-state index contributed by atoms with van der Waals surface area (Å²) in [5.41, 5.74) is 1.01. The van der Waals surface area contributed by atoms with E-state index in [-0.39, 0.29) is 17.2 Å². The third kappa shape index (κ3) is 4.47. The van der Waals surface area contributed by atoms with E-state index in [0.29, 0.717) is 18.8 Å². The molecule has 118 valence electrons. The van der Waals surface area contributed by atoms with Gasteiger partial charge in [0.15, 0.2) is 11.5 Å². The lowest BCUT2D eigenvalue weighted by molar-refractivity contribution is 0.294. The molecule has 0 heterocycles. The minimum Gasteiger partial charge on any atom is -0.504 e. The maximum atomic E-state index is 12.0. The summed E-state index contributed by atoms with van der Waals surface area (Å²) < 4.78 is 32.0. The number of aryl methyl sites for hydroxylation is 1. The van der Waals surface area contributed by atoms with Crippen LogP contribution in [0.15, 0.2) is 53.4 Å². The van der Waals surface area contributed by atoms with Gasteiger partial charge in [0.25, 0.3) is 0 Å². The van der Waals surface area contributed by atoms with E-state index < -0.39 is 10.0 Å². The molecule has 0 aromatic heterocycles. The number of benzene rings is 2. The average molecular weight is 321 g/mol. The van der Waals surface area contributed by atoms with Gasteiger partial charge in [-0.3, -0.25) is 0 Å². The number of rotatable bonds is 7. The molecule has 22 heavy (non-hydrogen) atoms. The van der Waals surface area contributed by atoms with Gasteiger partial charge in [-0.05, 0) is 37.6 Å². The van der Waals surface area contributed by atoms with Gasteiger partial charge in [0.1, 0.15) is 0 Å². The fourth-order valence-corrected chi connectivity index (χ4v) is 2.91. The number of hydrogen-bond donors (Lipinski definition) is 2. The molecule has 0 bridgehead atoms. The number of sulfonamides is 1. The summed E-state index contributed by atoms with van der Waals surface area (Å²) in [7, 11) is -3.49. The lowest BCUT2D eigenvalue weighted by atomic mass is 10.2. The molecular weight excluding hydrogens is 302 g/mol. The van der Waals surface area contributed by atoms with E-state index in [0.717, 1.165) is 5.56 Å². The van der Waals surface area contributed by atoms with Crippen molar-refractivity contribution in [3.63, 3.8) is 0 Å². The van der Waals surface area contributed by atoms with Crippen LogP contribution in [0.4, 0.5) is 0 Å². The summed E-state index contributed by atoms with van der Waals surface area (Å²) in [5.74, 6) is 0.464. The summed E-state index contributed by atoms with van der Waals surface area (Å²) in [4.78, 5) is 0.250. The molecular formula is C16H19NO4S. The highest BCUT2D eigenvalue weighted by molar-refractivity contribution is 7.89. The van der Waals surface area contributed by atoms with Gasteiger partial charge in [-0.15, -0.1) is 0 Å². The molecule has 0 aliphatic rings. The molecule has 0 aliphatic carbocycles. The molecule has 2 rings (SSSR count). The van der Waals surface area contributed by atoms with E-state index in [1.807, 2.05) is 6.92 Å². The molecule has 0 saturated heterocycles. The molecule has 2 aromatic rings. The van der Waals surface area contributed by atoms with E-state index in [2.05, 4.69) is 4.72 Å². The Labute approximate surface area is 130 Å². The normalized spacial score (nSPS) is 11.3. The molecule has 0 radical (unpaired) electrons. The smallest absolute Gasteiger partial charge is 0.240 e. The molecule has 2 N–H and O–H groups in total. The van der Waals surface area contributed by atoms with Crippen molar-refractivity contribution >= 4 is 10.0 Å². The highest BCUT2D eigenvalue weighted by atomic mass is 32.2. The van der Waals surface area contributed by atoms with Crippen LogP contribution in [0.1, 0.15) is 12.0 Å². The summed E-state index contributed by atoms with van der Waals surface area (Å²) in [5, 5.41) is 9.53. The number of phenols is 1. The fourth-order valence-electron chi connectivity index (χ4n) is 1.84. The van der Waals surface area contributed by atoms with Crippen molar-refractivity contribution in [3.8, 4) is 11.5 Å². The highest BCUT2D eigenvalue weighted by Gasteiger charge is 2.12. The van der Waals surface area contributed by atoms with Crippen molar-refractivity contribution in [2.75, 3.05) is 13.2 Å². The second-order valence-electron chi connectivity index (χ2n) is 4.88. The first-order valence-electron chi connectivity index (χ1n) is 6.96. The van der Waals surface area contributed by atoms with Gasteiger partial charge in [0, 0.05) is 6.54 Å². The van der Waals surface area contributed by atoms with E-state index >= 15 is 0 Å². The SMILES string of the molecule is Cc1ccc(S(=O)(=O)NCCCOc2ccccc2O)cc1. The highest BCUT2D eigenvalue weighted by Crippen LogP contribution is 2.24. The quantitative estimate of drug-likeness (QED) is 0.768. The molecule has 0 atom stereocenters. The Morgan fingerprint density at radius 3 is 2.45 bits per heavy atom. The van der Waals surface area contributed by atoms with Gasteiger partial charge in [0.2, 0.25) is 10.0 Å². The van der Waals surface area contributed by atoms with Crippen molar-refractivity contribution in [2.45, 2.75) is 18.2 Å². The molecule has 6 heteroatoms. The molecule has 0 unspecified atom stereocenters. The van der Waals surface area contributed by atoms with Crippen LogP contribution in [-0.4, -0.2) is 26.7 Å². The molecule has 0 fully saturated rings. The summed E-state index contributed by atoms with van der Waals surface area (Å²) in [6.07, 6.45) is 0.499. The summed E-state index contributed by atoms with van der Waals surface area (Å²) in [6.45, 7) is 2.48. The van der Waals surface area contributed by atoms with Crippen LogP contribution < -0.4 is 9.46 Å². The molecule has 5 nitrogen and oxygen atoms in total. The summed E-state index contributed by atoms with van der Waals surface area (Å²) in [6, 6.07) is 13.3. The van der Waals surface area contributed by atoms with Crippen LogP contribution >= 0.6 is 0 Å². The zero-order chi connectivity index (χ0) is 16.0. The van der Waals surface area contributed by atoms with E-state index in [1.165, 1.54) is 6.07 Å². The molecule has 0 aliphatic heterocycles. The van der Waals surface area contributed by atoms with Crippen molar-refractivity contribution in [2.24, 2.45) is 0 Å². The standard InChI is InChI=1S/C16H19NO4S/c1-13-7-9-14(10-8-13)22(19,20)17-11-4-12-21-16-6-3-2-5-15(16)18/h2-3,5-10,17-18H,4,11-12H2,1H3. The van der Waals surface area contributed by atoms with Crippen molar-refractivity contribution in [1.29, 1.82) is 0 Å². The Morgan fingerprint density at radius 1 is 1.09 bits per heavy atom. The lowest BCUT2D eigenvalue weighted by Gasteiger charge is -2.09. The number of phenolic OH excluding ortho intramolecular Hbond substituents is 1. The molecule has 2 aromatic carbocycles. The van der Waals surface area contributed by atoms with E-state index in [4.69, 9.17) is 4.74 Å². The average Bonchev–Trinajstić information content (AvgIpc) is 2.49. The zero-order valence-electron chi connectivity index (χ0n) is 12.3. The van der Waals surface area contributed by atoms with Crippen LogP contribution in [0.2, 0.25) is 0 Å². The zero-order valence-corrected chi connectivity index (χ0v) is 13.1. The second-order valence-corrected chi connectivity index (χ2v) is 6.65. The minimum absolute atomic E-state index is 0.0720. The predicted octanol–water partition coefficient (Wildman–Crippen LogP) is 2.45. The maximum absolute atomic E-state index is 12.0. The second kappa shape index (κ2) is 7.29. The maximum Gasteiger partial charge on any atom is 0.240 e. The first-order valence-corrected chi connectivity index (χ1v) is 8.44. The molecule has 0 spiro atoms. The molecule has 0 saturated carbocycles.